The molecule has 1 saturated carbocycles. The van der Waals surface area contributed by atoms with E-state index in [4.69, 9.17) is 4.74 Å². The maximum absolute atomic E-state index is 11.4. The van der Waals surface area contributed by atoms with E-state index in [-0.39, 0.29) is 5.75 Å². The van der Waals surface area contributed by atoms with Gasteiger partial charge in [-0.15, -0.1) is 10.2 Å². The van der Waals surface area contributed by atoms with E-state index in [0.717, 1.165) is 35.1 Å². The van der Waals surface area contributed by atoms with Crippen LogP contribution in [0.4, 0.5) is 0 Å². The lowest BCUT2D eigenvalue weighted by Crippen LogP contribution is -2.15. The number of aromatic nitrogens is 3. The Labute approximate surface area is 159 Å². The summed E-state index contributed by atoms with van der Waals surface area (Å²) in [6.45, 7) is 0. The number of nitrogens with zero attached hydrogens (tertiary/aromatic N) is 3. The summed E-state index contributed by atoms with van der Waals surface area (Å²) in [4.78, 5) is 0. The fourth-order valence-corrected chi connectivity index (χ4v) is 5.47. The van der Waals surface area contributed by atoms with Gasteiger partial charge in [-0.1, -0.05) is 31.0 Å². The molecule has 26 heavy (non-hydrogen) atoms. The highest BCUT2D eigenvalue weighted by Crippen LogP contribution is 2.35. The molecule has 0 radical (unpaired) electrons. The first kappa shape index (κ1) is 19.2. The van der Waals surface area contributed by atoms with Gasteiger partial charge in [-0.25, -0.2) is 8.42 Å². The van der Waals surface area contributed by atoms with Crippen LogP contribution in [0.3, 0.4) is 0 Å². The Hall–Kier alpha value is -1.54. The van der Waals surface area contributed by atoms with Crippen molar-refractivity contribution in [1.82, 2.24) is 14.8 Å². The standard InChI is InChI=1S/C18H25N3O3S2/c1-24-16-10-8-14(9-11-16)17-19-20-18(25-12-13-26(2,22)23)21(17)15-6-4-3-5-7-15/h8-11,15H,3-7,12-13H2,1-2H3. The molecule has 0 aliphatic heterocycles. The molecule has 142 valence electrons. The van der Waals surface area contributed by atoms with E-state index in [1.807, 2.05) is 24.3 Å². The smallest absolute Gasteiger partial charge is 0.191 e. The molecular weight excluding hydrogens is 370 g/mol. The Kier molecular flexibility index (Phi) is 6.24. The van der Waals surface area contributed by atoms with E-state index in [1.54, 1.807) is 7.11 Å². The predicted octanol–water partition coefficient (Wildman–Crippen LogP) is 3.60. The maximum Gasteiger partial charge on any atom is 0.191 e. The zero-order chi connectivity index (χ0) is 18.6. The molecule has 1 aliphatic carbocycles. The highest BCUT2D eigenvalue weighted by atomic mass is 32.2. The summed E-state index contributed by atoms with van der Waals surface area (Å²) in [5.74, 6) is 2.29. The van der Waals surface area contributed by atoms with Crippen LogP contribution in [0.25, 0.3) is 11.4 Å². The summed E-state index contributed by atoms with van der Waals surface area (Å²) in [5, 5.41) is 9.63. The summed E-state index contributed by atoms with van der Waals surface area (Å²) in [6, 6.07) is 8.20. The van der Waals surface area contributed by atoms with E-state index in [2.05, 4.69) is 14.8 Å². The van der Waals surface area contributed by atoms with E-state index in [1.165, 1.54) is 37.3 Å². The molecule has 0 bridgehead atoms. The third kappa shape index (κ3) is 4.79. The van der Waals surface area contributed by atoms with Crippen molar-refractivity contribution in [3.05, 3.63) is 24.3 Å². The van der Waals surface area contributed by atoms with Gasteiger partial charge in [0.1, 0.15) is 15.6 Å². The van der Waals surface area contributed by atoms with Gasteiger partial charge in [-0.05, 0) is 37.1 Å². The van der Waals surface area contributed by atoms with Crippen LogP contribution in [0.15, 0.2) is 29.4 Å². The molecule has 6 nitrogen and oxygen atoms in total. The van der Waals surface area contributed by atoms with Crippen molar-refractivity contribution in [3.8, 4) is 17.1 Å². The summed E-state index contributed by atoms with van der Waals surface area (Å²) < 4.78 is 30.3. The highest BCUT2D eigenvalue weighted by Gasteiger charge is 2.24. The molecule has 1 aromatic carbocycles. The van der Waals surface area contributed by atoms with Crippen molar-refractivity contribution in [2.45, 2.75) is 43.3 Å². The monoisotopic (exact) mass is 395 g/mol. The molecule has 0 unspecified atom stereocenters. The maximum atomic E-state index is 11.4. The first-order chi connectivity index (χ1) is 12.5. The van der Waals surface area contributed by atoms with Gasteiger partial charge in [0.15, 0.2) is 11.0 Å². The number of thioether (sulfide) groups is 1. The number of methoxy groups -OCH3 is 1. The normalized spacial score (nSPS) is 15.9. The van der Waals surface area contributed by atoms with Crippen LogP contribution >= 0.6 is 11.8 Å². The number of hydrogen-bond acceptors (Lipinski definition) is 6. The highest BCUT2D eigenvalue weighted by molar-refractivity contribution is 8.00. The van der Waals surface area contributed by atoms with Gasteiger partial charge < -0.3 is 4.74 Å². The minimum Gasteiger partial charge on any atom is -0.497 e. The van der Waals surface area contributed by atoms with E-state index >= 15 is 0 Å². The SMILES string of the molecule is COc1ccc(-c2nnc(SCCS(C)(=O)=O)n2C2CCCCC2)cc1. The summed E-state index contributed by atoms with van der Waals surface area (Å²) in [5.41, 5.74) is 0.999. The Balaban J connectivity index is 1.90. The first-order valence-corrected chi connectivity index (χ1v) is 11.9. The summed E-state index contributed by atoms with van der Waals surface area (Å²) in [6.07, 6.45) is 7.17. The molecule has 2 aromatic rings. The van der Waals surface area contributed by atoms with Crippen molar-refractivity contribution >= 4 is 21.6 Å². The number of ether oxygens (including phenoxy) is 1. The number of hydrogen-bond donors (Lipinski definition) is 0. The Morgan fingerprint density at radius 1 is 1.15 bits per heavy atom. The molecule has 1 fully saturated rings. The zero-order valence-corrected chi connectivity index (χ0v) is 16.9. The fraction of sp³-hybridized carbons (Fsp3) is 0.556. The third-order valence-corrected chi connectivity index (χ3v) is 6.79. The second-order valence-corrected chi connectivity index (χ2v) is 10.00. The second kappa shape index (κ2) is 8.43. The minimum atomic E-state index is -2.98. The quantitative estimate of drug-likeness (QED) is 0.667. The number of benzene rings is 1. The Bertz CT molecular complexity index is 826. The van der Waals surface area contributed by atoms with Crippen molar-refractivity contribution in [2.24, 2.45) is 0 Å². The summed E-state index contributed by atoms with van der Waals surface area (Å²) >= 11 is 1.48. The molecular formula is C18H25N3O3S2. The van der Waals surface area contributed by atoms with Crippen LogP contribution in [-0.4, -0.2) is 48.1 Å². The van der Waals surface area contributed by atoms with Gasteiger partial charge in [-0.2, -0.15) is 0 Å². The van der Waals surface area contributed by atoms with Crippen LogP contribution in [0, 0.1) is 0 Å². The van der Waals surface area contributed by atoms with Crippen LogP contribution in [0.2, 0.25) is 0 Å². The third-order valence-electron chi connectivity index (χ3n) is 4.64. The van der Waals surface area contributed by atoms with Crippen molar-refractivity contribution < 1.29 is 13.2 Å². The van der Waals surface area contributed by atoms with Crippen LogP contribution in [0.5, 0.6) is 5.75 Å². The molecule has 0 spiro atoms. The molecule has 0 amide bonds. The Morgan fingerprint density at radius 2 is 1.85 bits per heavy atom. The molecule has 1 aliphatic rings. The molecule has 3 rings (SSSR count). The summed E-state index contributed by atoms with van der Waals surface area (Å²) in [7, 11) is -1.33. The van der Waals surface area contributed by atoms with Crippen LogP contribution < -0.4 is 4.74 Å². The molecule has 1 aromatic heterocycles. The Morgan fingerprint density at radius 3 is 2.46 bits per heavy atom. The van der Waals surface area contributed by atoms with E-state index in [0.29, 0.717) is 11.8 Å². The van der Waals surface area contributed by atoms with Crippen molar-refractivity contribution in [3.63, 3.8) is 0 Å². The van der Waals surface area contributed by atoms with Crippen molar-refractivity contribution in [2.75, 3.05) is 24.9 Å². The van der Waals surface area contributed by atoms with Gasteiger partial charge in [0.2, 0.25) is 0 Å². The molecule has 1 heterocycles. The molecule has 0 saturated heterocycles. The molecule has 0 atom stereocenters. The zero-order valence-electron chi connectivity index (χ0n) is 15.2. The predicted molar refractivity (Wildman–Crippen MR) is 105 cm³/mol. The van der Waals surface area contributed by atoms with Crippen molar-refractivity contribution in [1.29, 1.82) is 0 Å². The fourth-order valence-electron chi connectivity index (χ4n) is 3.27. The topological polar surface area (TPSA) is 74.1 Å². The first-order valence-electron chi connectivity index (χ1n) is 8.88. The van der Waals surface area contributed by atoms with Crippen LogP contribution in [-0.2, 0) is 9.84 Å². The number of rotatable bonds is 7. The lowest BCUT2D eigenvalue weighted by atomic mass is 9.95. The largest absolute Gasteiger partial charge is 0.497 e. The van der Waals surface area contributed by atoms with Gasteiger partial charge in [0.05, 0.1) is 12.9 Å². The average molecular weight is 396 g/mol. The van der Waals surface area contributed by atoms with Gasteiger partial charge >= 0.3 is 0 Å². The van der Waals surface area contributed by atoms with Crippen LogP contribution in [0.1, 0.15) is 38.1 Å². The average Bonchev–Trinajstić information content (AvgIpc) is 3.05. The minimum absolute atomic E-state index is 0.146. The second-order valence-electron chi connectivity index (χ2n) is 6.67. The van der Waals surface area contributed by atoms with E-state index < -0.39 is 9.84 Å². The lowest BCUT2D eigenvalue weighted by Gasteiger charge is -2.25. The lowest BCUT2D eigenvalue weighted by molar-refractivity contribution is 0.339. The molecule has 0 N–H and O–H groups in total. The van der Waals surface area contributed by atoms with Gasteiger partial charge in [0, 0.05) is 23.6 Å². The number of sulfone groups is 1. The molecule has 8 heteroatoms. The van der Waals surface area contributed by atoms with Gasteiger partial charge in [0.25, 0.3) is 0 Å². The van der Waals surface area contributed by atoms with Gasteiger partial charge in [-0.3, -0.25) is 4.57 Å². The van der Waals surface area contributed by atoms with E-state index in [9.17, 15) is 8.42 Å².